The molecule has 10 heteroatoms. The molecule has 1 heterocycles. The first-order valence-corrected chi connectivity index (χ1v) is 4.73. The fourth-order valence-corrected chi connectivity index (χ4v) is 1.47. The molecule has 1 aromatic heterocycles. The number of halogens is 6. The van der Waals surface area contributed by atoms with Crippen molar-refractivity contribution in [1.29, 1.82) is 0 Å². The van der Waals surface area contributed by atoms with Gasteiger partial charge in [0.05, 0.1) is 13.3 Å². The molecule has 0 unspecified atom stereocenters. The van der Waals surface area contributed by atoms with E-state index in [9.17, 15) is 31.1 Å². The van der Waals surface area contributed by atoms with Gasteiger partial charge in [0.25, 0.3) is 0 Å². The lowest BCUT2D eigenvalue weighted by Gasteiger charge is -2.21. The molecule has 0 amide bonds. The van der Waals surface area contributed by atoms with E-state index in [0.29, 0.717) is 4.68 Å². The molecule has 19 heavy (non-hydrogen) atoms. The monoisotopic (exact) mass is 290 g/mol. The average Bonchev–Trinajstić information content (AvgIpc) is 2.54. The molecule has 1 aromatic rings. The van der Waals surface area contributed by atoms with Crippen LogP contribution in [-0.4, -0.2) is 35.0 Å². The average molecular weight is 290 g/mol. The van der Waals surface area contributed by atoms with E-state index in [2.05, 4.69) is 9.84 Å². The van der Waals surface area contributed by atoms with Crippen molar-refractivity contribution in [3.05, 3.63) is 11.9 Å². The summed E-state index contributed by atoms with van der Waals surface area (Å²) in [6.07, 6.45) is -10.6. The maximum atomic E-state index is 12.4. The molecule has 0 atom stereocenters. The molecule has 0 saturated heterocycles. The van der Waals surface area contributed by atoms with E-state index in [-0.39, 0.29) is 0 Å². The van der Waals surface area contributed by atoms with E-state index in [1.54, 1.807) is 0 Å². The van der Waals surface area contributed by atoms with Crippen molar-refractivity contribution >= 4 is 5.78 Å². The fraction of sp³-hybridized carbons (Fsp3) is 0.556. The Hall–Kier alpha value is -1.74. The van der Waals surface area contributed by atoms with Crippen molar-refractivity contribution in [2.24, 2.45) is 13.0 Å². The molecule has 0 aliphatic rings. The van der Waals surface area contributed by atoms with Gasteiger partial charge in [0.15, 0.2) is 5.75 Å². The highest BCUT2D eigenvalue weighted by Gasteiger charge is 2.61. The van der Waals surface area contributed by atoms with Crippen LogP contribution in [0.5, 0.6) is 5.75 Å². The Kier molecular flexibility index (Phi) is 3.82. The second kappa shape index (κ2) is 4.74. The Morgan fingerprint density at radius 3 is 2.11 bits per heavy atom. The van der Waals surface area contributed by atoms with Crippen molar-refractivity contribution < 1.29 is 35.9 Å². The van der Waals surface area contributed by atoms with Crippen molar-refractivity contribution in [3.8, 4) is 5.75 Å². The second-order valence-electron chi connectivity index (χ2n) is 3.57. The maximum Gasteiger partial charge on any atom is 0.407 e. The van der Waals surface area contributed by atoms with Crippen LogP contribution in [0.1, 0.15) is 10.5 Å². The molecule has 0 aliphatic carbocycles. The van der Waals surface area contributed by atoms with Crippen molar-refractivity contribution in [1.82, 2.24) is 9.78 Å². The predicted octanol–water partition coefficient (Wildman–Crippen LogP) is 2.35. The standard InChI is InChI=1S/C9H8F6N2O2/c1-17-5(4(19-2)3-16-17)6(18)7(8(10,11)12)9(13,14)15/h3,7H,1-2H3. The number of aryl methyl sites for hydroxylation is 1. The van der Waals surface area contributed by atoms with Crippen molar-refractivity contribution in [2.75, 3.05) is 7.11 Å². The van der Waals surface area contributed by atoms with Gasteiger partial charge in [-0.3, -0.25) is 9.48 Å². The van der Waals surface area contributed by atoms with Crippen LogP contribution in [0.25, 0.3) is 0 Å². The van der Waals surface area contributed by atoms with Gasteiger partial charge in [-0.25, -0.2) is 0 Å². The number of ether oxygens (including phenoxy) is 1. The smallest absolute Gasteiger partial charge is 0.407 e. The molecule has 0 fully saturated rings. The number of hydrogen-bond donors (Lipinski definition) is 0. The molecular formula is C9H8F6N2O2. The van der Waals surface area contributed by atoms with Gasteiger partial charge in [0.1, 0.15) is 5.69 Å². The third kappa shape index (κ3) is 2.99. The molecule has 0 aromatic carbocycles. The van der Waals surface area contributed by atoms with E-state index in [0.717, 1.165) is 20.4 Å². The molecule has 0 bridgehead atoms. The number of aromatic nitrogens is 2. The van der Waals surface area contributed by atoms with Crippen LogP contribution in [-0.2, 0) is 7.05 Å². The number of rotatable bonds is 3. The number of ketones is 1. The molecule has 1 rings (SSSR count). The topological polar surface area (TPSA) is 44.1 Å². The molecule has 0 N–H and O–H groups in total. The van der Waals surface area contributed by atoms with Crippen LogP contribution < -0.4 is 4.74 Å². The van der Waals surface area contributed by atoms with E-state index >= 15 is 0 Å². The summed E-state index contributed by atoms with van der Waals surface area (Å²) in [5.41, 5.74) is -0.887. The lowest BCUT2D eigenvalue weighted by Crippen LogP contribution is -2.43. The first-order chi connectivity index (χ1) is 8.50. The Morgan fingerprint density at radius 2 is 1.74 bits per heavy atom. The van der Waals surface area contributed by atoms with Crippen LogP contribution in [0.15, 0.2) is 6.20 Å². The number of hydrogen-bond acceptors (Lipinski definition) is 3. The number of Topliss-reactive ketones (excluding diaryl/α,β-unsaturated/α-hetero) is 1. The second-order valence-corrected chi connectivity index (χ2v) is 3.57. The number of alkyl halides is 6. The molecule has 4 nitrogen and oxygen atoms in total. The van der Waals surface area contributed by atoms with Crippen molar-refractivity contribution in [2.45, 2.75) is 12.4 Å². The summed E-state index contributed by atoms with van der Waals surface area (Å²) < 4.78 is 79.6. The molecule has 0 saturated carbocycles. The summed E-state index contributed by atoms with van der Waals surface area (Å²) in [7, 11) is 2.05. The molecule has 0 aliphatic heterocycles. The minimum absolute atomic E-state index is 0.453. The van der Waals surface area contributed by atoms with Gasteiger partial charge in [-0.2, -0.15) is 31.4 Å². The van der Waals surface area contributed by atoms with Gasteiger partial charge in [-0.1, -0.05) is 0 Å². The van der Waals surface area contributed by atoms with Crippen LogP contribution in [0.2, 0.25) is 0 Å². The lowest BCUT2D eigenvalue weighted by molar-refractivity contribution is -0.265. The first kappa shape index (κ1) is 15.3. The molecule has 108 valence electrons. The number of nitrogens with zero attached hydrogens (tertiary/aromatic N) is 2. The zero-order valence-corrected chi connectivity index (χ0v) is 9.63. The minimum Gasteiger partial charge on any atom is -0.493 e. The fourth-order valence-electron chi connectivity index (χ4n) is 1.47. The Bertz CT molecular complexity index is 462. The summed E-state index contributed by atoms with van der Waals surface area (Å²) in [5, 5.41) is 3.39. The Balaban J connectivity index is 3.32. The lowest BCUT2D eigenvalue weighted by atomic mass is 10.00. The zero-order valence-electron chi connectivity index (χ0n) is 9.63. The van der Waals surface area contributed by atoms with E-state index in [1.165, 1.54) is 0 Å². The normalized spacial score (nSPS) is 12.9. The highest BCUT2D eigenvalue weighted by Crippen LogP contribution is 2.42. The summed E-state index contributed by atoms with van der Waals surface area (Å²) in [6.45, 7) is 0. The molecule has 0 spiro atoms. The largest absolute Gasteiger partial charge is 0.493 e. The Labute approximate surface area is 102 Å². The van der Waals surface area contributed by atoms with Gasteiger partial charge in [0.2, 0.25) is 11.7 Å². The summed E-state index contributed by atoms with van der Waals surface area (Å²) >= 11 is 0. The van der Waals surface area contributed by atoms with Gasteiger partial charge in [-0.15, -0.1) is 0 Å². The third-order valence-electron chi connectivity index (χ3n) is 2.28. The maximum absolute atomic E-state index is 12.4. The summed E-state index contributed by atoms with van der Waals surface area (Å²) in [5.74, 6) is -6.72. The quantitative estimate of drug-likeness (QED) is 0.634. The van der Waals surface area contributed by atoms with Crippen LogP contribution in [0, 0.1) is 5.92 Å². The van der Waals surface area contributed by atoms with Gasteiger partial charge >= 0.3 is 12.4 Å². The van der Waals surface area contributed by atoms with E-state index in [1.807, 2.05) is 0 Å². The van der Waals surface area contributed by atoms with Gasteiger partial charge < -0.3 is 4.74 Å². The Morgan fingerprint density at radius 1 is 1.26 bits per heavy atom. The van der Waals surface area contributed by atoms with Gasteiger partial charge in [0, 0.05) is 7.05 Å². The number of methoxy groups -OCH3 is 1. The highest BCUT2D eigenvalue weighted by molar-refractivity contribution is 5.99. The van der Waals surface area contributed by atoms with Gasteiger partial charge in [-0.05, 0) is 0 Å². The van der Waals surface area contributed by atoms with E-state index in [4.69, 9.17) is 0 Å². The highest BCUT2D eigenvalue weighted by atomic mass is 19.4. The predicted molar refractivity (Wildman–Crippen MR) is 49.7 cm³/mol. The first-order valence-electron chi connectivity index (χ1n) is 4.73. The molecule has 0 radical (unpaired) electrons. The van der Waals surface area contributed by atoms with Crippen LogP contribution >= 0.6 is 0 Å². The summed E-state index contributed by atoms with van der Waals surface area (Å²) in [6, 6.07) is 0. The SMILES string of the molecule is COc1cnn(C)c1C(=O)C(C(F)(F)F)C(F)(F)F. The minimum atomic E-state index is -5.75. The summed E-state index contributed by atoms with van der Waals surface area (Å²) in [4.78, 5) is 11.5. The van der Waals surface area contributed by atoms with E-state index < -0.39 is 35.5 Å². The van der Waals surface area contributed by atoms with Crippen molar-refractivity contribution in [3.63, 3.8) is 0 Å². The number of carbonyl (C=O) groups excluding carboxylic acids is 1. The molecular weight excluding hydrogens is 282 g/mol. The number of carbonyl (C=O) groups is 1. The van der Waals surface area contributed by atoms with Crippen LogP contribution in [0.4, 0.5) is 26.3 Å². The zero-order chi connectivity index (χ0) is 15.0. The van der Waals surface area contributed by atoms with Crippen LogP contribution in [0.3, 0.4) is 0 Å². The third-order valence-corrected chi connectivity index (χ3v) is 2.28.